The lowest BCUT2D eigenvalue weighted by Crippen LogP contribution is -2.28. The van der Waals surface area contributed by atoms with Crippen LogP contribution < -0.4 is 11.0 Å². The normalized spacial score (nSPS) is 22.3. The zero-order chi connectivity index (χ0) is 18.5. The Bertz CT molecular complexity index is 808. The number of ether oxygens (including phenoxy) is 1. The fourth-order valence-corrected chi connectivity index (χ4v) is 2.86. The first-order valence-corrected chi connectivity index (χ1v) is 8.44. The van der Waals surface area contributed by atoms with E-state index >= 15 is 0 Å². The summed E-state index contributed by atoms with van der Waals surface area (Å²) >= 11 is 0. The second kappa shape index (κ2) is 8.22. The molecule has 0 bridgehead atoms. The molecule has 1 saturated heterocycles. The van der Waals surface area contributed by atoms with Crippen LogP contribution in [0.1, 0.15) is 24.6 Å². The van der Waals surface area contributed by atoms with Crippen LogP contribution in [-0.2, 0) is 16.0 Å². The average Bonchev–Trinajstić information content (AvgIpc) is 3.01. The van der Waals surface area contributed by atoms with Gasteiger partial charge in [0.1, 0.15) is 18.1 Å². The van der Waals surface area contributed by atoms with E-state index in [1.807, 2.05) is 30.3 Å². The standard InChI is InChI=1S/C18H21N3O5/c22-11-14-13(23)10-17(26-14)21-9-8-15(20-18(21)25)19-16(24)7-6-12-4-2-1-3-5-12/h1-5,8-9,13-14,17,22-23H,6-7,10-11H2,(H,19,20,24,25)/t13-,14+,17+/m0/s1. The number of amides is 1. The Kier molecular flexibility index (Phi) is 5.77. The van der Waals surface area contributed by atoms with Crippen molar-refractivity contribution in [3.8, 4) is 0 Å². The molecule has 8 heteroatoms. The van der Waals surface area contributed by atoms with E-state index in [-0.39, 0.29) is 31.2 Å². The Morgan fingerprint density at radius 1 is 1.31 bits per heavy atom. The van der Waals surface area contributed by atoms with Gasteiger partial charge >= 0.3 is 5.69 Å². The molecule has 0 radical (unpaired) electrons. The third kappa shape index (κ3) is 4.34. The lowest BCUT2D eigenvalue weighted by atomic mass is 10.1. The summed E-state index contributed by atoms with van der Waals surface area (Å²) in [6.45, 7) is -0.324. The van der Waals surface area contributed by atoms with Crippen LogP contribution >= 0.6 is 0 Å². The van der Waals surface area contributed by atoms with Crippen molar-refractivity contribution in [1.82, 2.24) is 9.55 Å². The number of hydrogen-bond donors (Lipinski definition) is 3. The van der Waals surface area contributed by atoms with Crippen molar-refractivity contribution >= 4 is 11.7 Å². The summed E-state index contributed by atoms with van der Waals surface area (Å²) in [5.41, 5.74) is 0.461. The van der Waals surface area contributed by atoms with Crippen LogP contribution in [0.5, 0.6) is 0 Å². The number of carbonyl (C=O) groups excluding carboxylic acids is 1. The van der Waals surface area contributed by atoms with Crippen LogP contribution in [0.15, 0.2) is 47.4 Å². The number of anilines is 1. The van der Waals surface area contributed by atoms with Gasteiger partial charge in [-0.1, -0.05) is 30.3 Å². The van der Waals surface area contributed by atoms with Gasteiger partial charge in [-0.15, -0.1) is 0 Å². The summed E-state index contributed by atoms with van der Waals surface area (Å²) in [5.74, 6) is -0.0621. The van der Waals surface area contributed by atoms with Crippen LogP contribution in [0.3, 0.4) is 0 Å². The third-order valence-corrected chi connectivity index (χ3v) is 4.28. The molecule has 1 amide bonds. The first kappa shape index (κ1) is 18.2. The van der Waals surface area contributed by atoms with E-state index in [2.05, 4.69) is 10.3 Å². The van der Waals surface area contributed by atoms with Crippen molar-refractivity contribution in [1.29, 1.82) is 0 Å². The lowest BCUT2D eigenvalue weighted by molar-refractivity contribution is -0.116. The van der Waals surface area contributed by atoms with Gasteiger partial charge in [-0.05, 0) is 18.1 Å². The Hall–Kier alpha value is -2.55. The van der Waals surface area contributed by atoms with Gasteiger partial charge in [-0.2, -0.15) is 4.98 Å². The Morgan fingerprint density at radius 3 is 2.73 bits per heavy atom. The van der Waals surface area contributed by atoms with E-state index in [4.69, 9.17) is 9.84 Å². The van der Waals surface area contributed by atoms with Crippen LogP contribution in [-0.4, -0.2) is 44.5 Å². The SMILES string of the molecule is O=C(CCc1ccccc1)Nc1ccn([C@H]2C[C@H](O)[C@@H](CO)O2)c(=O)n1. The highest BCUT2D eigenvalue weighted by atomic mass is 16.5. The Labute approximate surface area is 150 Å². The van der Waals surface area contributed by atoms with Gasteiger partial charge in [0.15, 0.2) is 0 Å². The van der Waals surface area contributed by atoms with E-state index in [0.29, 0.717) is 6.42 Å². The highest BCUT2D eigenvalue weighted by molar-refractivity contribution is 5.89. The number of aromatic nitrogens is 2. The molecular weight excluding hydrogens is 338 g/mol. The minimum Gasteiger partial charge on any atom is -0.394 e. The minimum atomic E-state index is -0.839. The van der Waals surface area contributed by atoms with Crippen molar-refractivity contribution in [3.63, 3.8) is 0 Å². The number of carbonyl (C=O) groups is 1. The molecule has 3 N–H and O–H groups in total. The van der Waals surface area contributed by atoms with Crippen LogP contribution in [0.2, 0.25) is 0 Å². The molecule has 0 unspecified atom stereocenters. The molecule has 1 aliphatic heterocycles. The fraction of sp³-hybridized carbons (Fsp3) is 0.389. The van der Waals surface area contributed by atoms with Gasteiger partial charge < -0.3 is 20.3 Å². The van der Waals surface area contributed by atoms with Gasteiger partial charge in [0, 0.05) is 19.0 Å². The molecule has 8 nitrogen and oxygen atoms in total. The van der Waals surface area contributed by atoms with Gasteiger partial charge in [0.25, 0.3) is 0 Å². The Morgan fingerprint density at radius 2 is 2.08 bits per heavy atom. The van der Waals surface area contributed by atoms with Crippen molar-refractivity contribution in [2.75, 3.05) is 11.9 Å². The summed E-state index contributed by atoms with van der Waals surface area (Å²) in [6.07, 6.45) is 0.281. The maximum absolute atomic E-state index is 12.2. The molecule has 138 valence electrons. The summed E-state index contributed by atoms with van der Waals surface area (Å²) in [5, 5.41) is 21.5. The maximum Gasteiger partial charge on any atom is 0.351 e. The lowest BCUT2D eigenvalue weighted by Gasteiger charge is -2.14. The van der Waals surface area contributed by atoms with Crippen molar-refractivity contribution < 1.29 is 19.7 Å². The monoisotopic (exact) mass is 359 g/mol. The van der Waals surface area contributed by atoms with E-state index in [0.717, 1.165) is 5.56 Å². The zero-order valence-corrected chi connectivity index (χ0v) is 14.1. The molecule has 0 spiro atoms. The number of aryl methyl sites for hydroxylation is 1. The number of benzene rings is 1. The molecule has 1 aromatic heterocycles. The molecule has 1 fully saturated rings. The summed E-state index contributed by atoms with van der Waals surface area (Å²) < 4.78 is 6.67. The molecule has 3 atom stereocenters. The molecule has 2 aromatic rings. The first-order valence-electron chi connectivity index (χ1n) is 8.44. The molecule has 3 rings (SSSR count). The number of aliphatic hydroxyl groups is 2. The topological polar surface area (TPSA) is 114 Å². The smallest absolute Gasteiger partial charge is 0.351 e. The predicted molar refractivity (Wildman–Crippen MR) is 93.5 cm³/mol. The third-order valence-electron chi connectivity index (χ3n) is 4.28. The Balaban J connectivity index is 1.59. The zero-order valence-electron chi connectivity index (χ0n) is 14.1. The first-order chi connectivity index (χ1) is 12.6. The van der Waals surface area contributed by atoms with E-state index in [9.17, 15) is 14.7 Å². The largest absolute Gasteiger partial charge is 0.394 e. The van der Waals surface area contributed by atoms with E-state index in [1.165, 1.54) is 16.8 Å². The van der Waals surface area contributed by atoms with Gasteiger partial charge in [0.2, 0.25) is 5.91 Å². The number of nitrogens with zero attached hydrogens (tertiary/aromatic N) is 2. The highest BCUT2D eigenvalue weighted by Crippen LogP contribution is 2.27. The van der Waals surface area contributed by atoms with Crippen LogP contribution in [0.25, 0.3) is 0 Å². The second-order valence-corrected chi connectivity index (χ2v) is 6.15. The molecule has 0 aliphatic carbocycles. The van der Waals surface area contributed by atoms with E-state index in [1.54, 1.807) is 0 Å². The van der Waals surface area contributed by atoms with Gasteiger partial charge in [-0.25, -0.2) is 4.79 Å². The molecular formula is C18H21N3O5. The van der Waals surface area contributed by atoms with Crippen LogP contribution in [0.4, 0.5) is 5.82 Å². The fourth-order valence-electron chi connectivity index (χ4n) is 2.86. The molecule has 2 heterocycles. The van der Waals surface area contributed by atoms with Gasteiger partial charge in [0.05, 0.1) is 12.7 Å². The summed E-state index contributed by atoms with van der Waals surface area (Å²) in [7, 11) is 0. The summed E-state index contributed by atoms with van der Waals surface area (Å²) in [4.78, 5) is 28.0. The van der Waals surface area contributed by atoms with Crippen LogP contribution in [0, 0.1) is 0 Å². The van der Waals surface area contributed by atoms with Crippen molar-refractivity contribution in [2.45, 2.75) is 37.7 Å². The second-order valence-electron chi connectivity index (χ2n) is 6.15. The number of hydrogen-bond acceptors (Lipinski definition) is 6. The number of rotatable bonds is 6. The van der Waals surface area contributed by atoms with Crippen molar-refractivity contribution in [2.24, 2.45) is 0 Å². The molecule has 1 aromatic carbocycles. The molecule has 26 heavy (non-hydrogen) atoms. The van der Waals surface area contributed by atoms with Crippen molar-refractivity contribution in [3.05, 3.63) is 58.6 Å². The van der Waals surface area contributed by atoms with Gasteiger partial charge in [-0.3, -0.25) is 9.36 Å². The molecule has 0 saturated carbocycles. The average molecular weight is 359 g/mol. The number of aliphatic hydroxyl groups excluding tert-OH is 2. The quantitative estimate of drug-likeness (QED) is 0.690. The van der Waals surface area contributed by atoms with E-state index < -0.39 is 24.1 Å². The number of nitrogens with one attached hydrogen (secondary N) is 1. The predicted octanol–water partition coefficient (Wildman–Crippen LogP) is 0.455. The summed E-state index contributed by atoms with van der Waals surface area (Å²) in [6, 6.07) is 11.1. The maximum atomic E-state index is 12.2. The minimum absolute atomic E-state index is 0.168. The molecule has 1 aliphatic rings. The highest BCUT2D eigenvalue weighted by Gasteiger charge is 2.34.